The maximum absolute atomic E-state index is 11.4. The summed E-state index contributed by atoms with van der Waals surface area (Å²) < 4.78 is 0. The first-order valence-electron chi connectivity index (χ1n) is 9.68. The first-order valence-corrected chi connectivity index (χ1v) is 12.7. The molecule has 1 aliphatic carbocycles. The van der Waals surface area contributed by atoms with E-state index < -0.39 is 14.0 Å². The Morgan fingerprint density at radius 3 is 2.45 bits per heavy atom. The van der Waals surface area contributed by atoms with Gasteiger partial charge in [-0.15, -0.1) is 0 Å². The predicted molar refractivity (Wildman–Crippen MR) is 121 cm³/mol. The molecule has 4 N–H and O–H groups in total. The number of fused-ring (bicyclic) bond motifs is 2. The molecule has 0 saturated heterocycles. The van der Waals surface area contributed by atoms with Gasteiger partial charge in [-0.3, -0.25) is 0 Å². The fourth-order valence-electron chi connectivity index (χ4n) is 4.39. The molecule has 0 unspecified atom stereocenters. The van der Waals surface area contributed by atoms with Gasteiger partial charge in [-0.2, -0.15) is 0 Å². The Kier molecular flexibility index (Phi) is 4.43. The Hall–Kier alpha value is -3.18. The number of anilines is 1. The molecule has 5 heteroatoms. The molecule has 0 saturated carbocycles. The van der Waals surface area contributed by atoms with E-state index >= 15 is 0 Å². The topological polar surface area (TPSA) is 77.3 Å². The third kappa shape index (κ3) is 2.98. The molecular formula is C24H25N2O2Si+. The van der Waals surface area contributed by atoms with Crippen molar-refractivity contribution in [2.75, 3.05) is 12.8 Å². The quantitative estimate of drug-likeness (QED) is 0.533. The standard InChI is InChI=1S/C24H24N2O2Si/c1-14-11-15(24(27)28)5-8-18(14)23-19-9-6-16(25)12-21(19)29(3,4)22-13-17(26-2)7-10-20(22)23/h5-13H,25H2,1-4H3,(H,27,28)/p+1. The summed E-state index contributed by atoms with van der Waals surface area (Å²) in [7, 11) is -0.0317. The Bertz CT molecular complexity index is 1180. The van der Waals surface area contributed by atoms with Crippen molar-refractivity contribution in [1.82, 2.24) is 0 Å². The molecular weight excluding hydrogens is 376 g/mol. The highest BCUT2D eigenvalue weighted by molar-refractivity contribution is 6.98. The summed E-state index contributed by atoms with van der Waals surface area (Å²) in [5.74, 6) is -0.908. The molecule has 29 heavy (non-hydrogen) atoms. The number of hydrogen-bond donors (Lipinski definition) is 3. The maximum atomic E-state index is 11.4. The molecule has 2 aromatic carbocycles. The van der Waals surface area contributed by atoms with Crippen LogP contribution in [0.3, 0.4) is 0 Å². The van der Waals surface area contributed by atoms with Crippen LogP contribution in [-0.4, -0.2) is 31.9 Å². The van der Waals surface area contributed by atoms with E-state index in [9.17, 15) is 9.90 Å². The number of benzene rings is 2. The van der Waals surface area contributed by atoms with Crippen LogP contribution in [0.2, 0.25) is 13.1 Å². The van der Waals surface area contributed by atoms with Crippen LogP contribution in [0.4, 0.5) is 5.69 Å². The van der Waals surface area contributed by atoms with Crippen molar-refractivity contribution in [3.8, 4) is 0 Å². The van der Waals surface area contributed by atoms with Crippen molar-refractivity contribution in [2.45, 2.75) is 20.0 Å². The van der Waals surface area contributed by atoms with E-state index in [2.05, 4.69) is 48.4 Å². The average molecular weight is 402 g/mol. The summed E-state index contributed by atoms with van der Waals surface area (Å²) in [6.45, 7) is 6.70. The van der Waals surface area contributed by atoms with Gasteiger partial charge >= 0.3 is 5.97 Å². The van der Waals surface area contributed by atoms with E-state index in [0.29, 0.717) is 5.56 Å². The van der Waals surface area contributed by atoms with Gasteiger partial charge in [0.25, 0.3) is 0 Å². The van der Waals surface area contributed by atoms with Gasteiger partial charge in [0.1, 0.15) is 15.1 Å². The van der Waals surface area contributed by atoms with Crippen LogP contribution in [0.1, 0.15) is 27.0 Å². The summed E-state index contributed by atoms with van der Waals surface area (Å²) in [4.78, 5) is 14.7. The zero-order chi connectivity index (χ0) is 20.9. The Morgan fingerprint density at radius 1 is 1.07 bits per heavy atom. The summed E-state index contributed by atoms with van der Waals surface area (Å²) in [5, 5.41) is 12.0. The summed E-state index contributed by atoms with van der Waals surface area (Å²) in [6, 6.07) is 11.6. The van der Waals surface area contributed by atoms with Crippen molar-refractivity contribution in [1.29, 1.82) is 0 Å². The van der Waals surface area contributed by atoms with Crippen molar-refractivity contribution in [3.05, 3.63) is 87.6 Å². The average Bonchev–Trinajstić information content (AvgIpc) is 2.69. The van der Waals surface area contributed by atoms with Crippen LogP contribution in [0, 0.1) is 6.92 Å². The SMILES string of the molecule is C[NH+]=C1C=CC2=C(c3ccc(C(=O)O)cc3C)c3ccc(N)cc3[Si](C)(C)C2=C1. The smallest absolute Gasteiger partial charge is 0.335 e. The number of nitrogen functional groups attached to an aromatic ring is 1. The number of carboxylic acid groups (broad SMARTS) is 1. The lowest BCUT2D eigenvalue weighted by molar-refractivity contribution is -0.417. The fourth-order valence-corrected chi connectivity index (χ4v) is 7.49. The van der Waals surface area contributed by atoms with Gasteiger partial charge < -0.3 is 10.8 Å². The number of aryl methyl sites for hydroxylation is 1. The maximum Gasteiger partial charge on any atom is 0.335 e. The molecule has 4 nitrogen and oxygen atoms in total. The van der Waals surface area contributed by atoms with Crippen LogP contribution in [0.15, 0.2) is 65.4 Å². The molecule has 1 aliphatic heterocycles. The molecule has 2 aromatic rings. The number of carboxylic acids is 1. The predicted octanol–water partition coefficient (Wildman–Crippen LogP) is 2.19. The lowest BCUT2D eigenvalue weighted by Gasteiger charge is -2.37. The van der Waals surface area contributed by atoms with Gasteiger partial charge in [0.2, 0.25) is 0 Å². The van der Waals surface area contributed by atoms with E-state index in [-0.39, 0.29) is 0 Å². The number of nitrogens with one attached hydrogen (secondary N) is 1. The second-order valence-electron chi connectivity index (χ2n) is 8.15. The molecule has 0 atom stereocenters. The van der Waals surface area contributed by atoms with Crippen LogP contribution in [0.5, 0.6) is 0 Å². The van der Waals surface area contributed by atoms with Crippen molar-refractivity contribution in [2.24, 2.45) is 0 Å². The van der Waals surface area contributed by atoms with Gasteiger partial charge in [-0.25, -0.2) is 9.79 Å². The molecule has 2 aliphatic rings. The monoisotopic (exact) mass is 401 g/mol. The number of nitrogens with two attached hydrogens (primary N) is 1. The van der Waals surface area contributed by atoms with E-state index in [1.165, 1.54) is 21.5 Å². The molecule has 0 bridgehead atoms. The third-order valence-corrected chi connectivity index (χ3v) is 9.50. The number of hydrogen-bond acceptors (Lipinski definition) is 2. The van der Waals surface area contributed by atoms with E-state index in [1.54, 1.807) is 12.1 Å². The largest absolute Gasteiger partial charge is 0.478 e. The van der Waals surface area contributed by atoms with Gasteiger partial charge in [-0.1, -0.05) is 25.2 Å². The van der Waals surface area contributed by atoms with Crippen LogP contribution < -0.4 is 15.9 Å². The highest BCUT2D eigenvalue weighted by Crippen LogP contribution is 2.42. The first kappa shape index (κ1) is 19.1. The minimum atomic E-state index is -1.97. The minimum absolute atomic E-state index is 0.306. The Balaban J connectivity index is 2.08. The van der Waals surface area contributed by atoms with Crippen LogP contribution in [-0.2, 0) is 0 Å². The Morgan fingerprint density at radius 2 is 1.79 bits per heavy atom. The lowest BCUT2D eigenvalue weighted by atomic mass is 9.87. The Labute approximate surface area is 171 Å². The summed E-state index contributed by atoms with van der Waals surface area (Å²) in [5.41, 5.74) is 13.9. The molecule has 4 rings (SSSR count). The van der Waals surface area contributed by atoms with Gasteiger partial charge in [0, 0.05) is 17.8 Å². The third-order valence-electron chi connectivity index (χ3n) is 5.98. The zero-order valence-corrected chi connectivity index (χ0v) is 18.1. The second kappa shape index (κ2) is 6.71. The number of rotatable bonds is 2. The van der Waals surface area contributed by atoms with Gasteiger partial charge in [0.15, 0.2) is 5.71 Å². The van der Waals surface area contributed by atoms with Crippen molar-refractivity contribution >= 4 is 36.2 Å². The minimum Gasteiger partial charge on any atom is -0.478 e. The van der Waals surface area contributed by atoms with E-state index in [4.69, 9.17) is 5.73 Å². The fraction of sp³-hybridized carbons (Fsp3) is 0.167. The highest BCUT2D eigenvalue weighted by atomic mass is 28.3. The molecule has 0 fully saturated rings. The molecule has 0 amide bonds. The molecule has 0 radical (unpaired) electrons. The van der Waals surface area contributed by atoms with Crippen LogP contribution >= 0.6 is 0 Å². The number of carbonyl (C=O) groups is 1. The highest BCUT2D eigenvalue weighted by Gasteiger charge is 2.40. The summed E-state index contributed by atoms with van der Waals surface area (Å²) in [6.07, 6.45) is 6.55. The van der Waals surface area contributed by atoms with Crippen molar-refractivity contribution < 1.29 is 14.9 Å². The van der Waals surface area contributed by atoms with Gasteiger partial charge in [0.05, 0.1) is 5.56 Å². The van der Waals surface area contributed by atoms with E-state index in [0.717, 1.165) is 28.1 Å². The first-order chi connectivity index (χ1) is 13.7. The molecule has 0 spiro atoms. The lowest BCUT2D eigenvalue weighted by Crippen LogP contribution is -2.67. The van der Waals surface area contributed by atoms with Crippen molar-refractivity contribution in [3.63, 3.8) is 0 Å². The van der Waals surface area contributed by atoms with Crippen LogP contribution in [0.25, 0.3) is 5.57 Å². The molecule has 0 aromatic heterocycles. The molecule has 146 valence electrons. The summed E-state index contributed by atoms with van der Waals surface area (Å²) >= 11 is 0. The second-order valence-corrected chi connectivity index (χ2v) is 12.5. The molecule has 1 heterocycles. The number of allylic oxidation sites excluding steroid dienone is 5. The van der Waals surface area contributed by atoms with Gasteiger partial charge in [-0.05, 0) is 75.5 Å². The van der Waals surface area contributed by atoms with E-state index in [1.807, 2.05) is 26.1 Å². The zero-order valence-electron chi connectivity index (χ0n) is 17.1. The normalized spacial score (nSPS) is 18.3. The number of aromatic carboxylic acids is 1.